The highest BCUT2D eigenvalue weighted by atomic mass is 16.3. The van der Waals surface area contributed by atoms with Gasteiger partial charge in [-0.25, -0.2) is 0 Å². The van der Waals surface area contributed by atoms with E-state index in [4.69, 9.17) is 0 Å². The van der Waals surface area contributed by atoms with E-state index in [1.807, 2.05) is 25.1 Å². The zero-order chi connectivity index (χ0) is 14.2. The minimum absolute atomic E-state index is 0.919. The van der Waals surface area contributed by atoms with Crippen molar-refractivity contribution >= 4 is 0 Å². The summed E-state index contributed by atoms with van der Waals surface area (Å²) in [6, 6.07) is 14.6. The fourth-order valence-corrected chi connectivity index (χ4v) is 3.31. The summed E-state index contributed by atoms with van der Waals surface area (Å²) in [5.41, 5.74) is 5.10. The van der Waals surface area contributed by atoms with Crippen molar-refractivity contribution in [1.29, 1.82) is 0 Å². The van der Waals surface area contributed by atoms with Crippen LogP contribution in [-0.2, 0) is 18.4 Å². The predicted octanol–water partition coefficient (Wildman–Crippen LogP) is 4.13. The Kier molecular flexibility index (Phi) is 3.39. The largest absolute Gasteiger partial charge is 0.381 e. The minimum atomic E-state index is -0.919. The monoisotopic (exact) mass is 266 g/mol. The molecule has 2 aromatic rings. The lowest BCUT2D eigenvalue weighted by molar-refractivity contribution is 0.101. The molecule has 0 bridgehead atoms. The van der Waals surface area contributed by atoms with Crippen LogP contribution in [0.2, 0.25) is 0 Å². The van der Waals surface area contributed by atoms with Gasteiger partial charge in [0.05, 0.1) is 0 Å². The van der Waals surface area contributed by atoms with Crippen LogP contribution in [0.25, 0.3) is 0 Å². The Balaban J connectivity index is 2.05. The molecule has 0 radical (unpaired) electrons. The Bertz CT molecular complexity index is 625. The smallest absolute Gasteiger partial charge is 0.112 e. The highest BCUT2D eigenvalue weighted by Crippen LogP contribution is 2.33. The molecule has 1 aliphatic carbocycles. The van der Waals surface area contributed by atoms with Crippen molar-refractivity contribution in [1.82, 2.24) is 0 Å². The Morgan fingerprint density at radius 2 is 1.65 bits per heavy atom. The van der Waals surface area contributed by atoms with Crippen LogP contribution >= 0.6 is 0 Å². The van der Waals surface area contributed by atoms with Gasteiger partial charge in [-0.3, -0.25) is 0 Å². The topological polar surface area (TPSA) is 20.2 Å². The van der Waals surface area contributed by atoms with E-state index in [0.717, 1.165) is 23.1 Å². The van der Waals surface area contributed by atoms with Gasteiger partial charge >= 0.3 is 0 Å². The van der Waals surface area contributed by atoms with Crippen LogP contribution < -0.4 is 0 Å². The lowest BCUT2D eigenvalue weighted by Gasteiger charge is -2.28. The molecular weight excluding hydrogens is 244 g/mol. The lowest BCUT2D eigenvalue weighted by atomic mass is 9.82. The summed E-state index contributed by atoms with van der Waals surface area (Å²) in [6.07, 6.45) is 4.89. The first-order chi connectivity index (χ1) is 9.59. The summed E-state index contributed by atoms with van der Waals surface area (Å²) in [5, 5.41) is 11.0. The highest BCUT2D eigenvalue weighted by Gasteiger charge is 2.27. The zero-order valence-corrected chi connectivity index (χ0v) is 12.3. The van der Waals surface area contributed by atoms with E-state index in [9.17, 15) is 5.11 Å². The Hall–Kier alpha value is -1.60. The fourth-order valence-electron chi connectivity index (χ4n) is 3.31. The number of aliphatic hydroxyl groups is 1. The van der Waals surface area contributed by atoms with E-state index < -0.39 is 5.60 Å². The third-order valence-electron chi connectivity index (χ3n) is 4.58. The van der Waals surface area contributed by atoms with Crippen LogP contribution in [0.15, 0.2) is 42.5 Å². The second-order valence-corrected chi connectivity index (χ2v) is 6.08. The van der Waals surface area contributed by atoms with Crippen molar-refractivity contribution in [3.8, 4) is 0 Å². The summed E-state index contributed by atoms with van der Waals surface area (Å²) in [5.74, 6) is 0. The molecule has 1 unspecified atom stereocenters. The summed E-state index contributed by atoms with van der Waals surface area (Å²) in [7, 11) is 0. The number of benzene rings is 2. The SMILES string of the molecule is Cc1ccccc1C(C)(O)c1ccc2c(c1)CCCC2. The van der Waals surface area contributed by atoms with Crippen molar-refractivity contribution in [2.75, 3.05) is 0 Å². The molecule has 104 valence electrons. The summed E-state index contributed by atoms with van der Waals surface area (Å²) < 4.78 is 0. The number of aryl methyl sites for hydroxylation is 3. The number of hydrogen-bond acceptors (Lipinski definition) is 1. The highest BCUT2D eigenvalue weighted by molar-refractivity contribution is 5.43. The Morgan fingerprint density at radius 1 is 0.950 bits per heavy atom. The molecule has 0 aromatic heterocycles. The van der Waals surface area contributed by atoms with Gasteiger partial charge in [0, 0.05) is 0 Å². The number of hydrogen-bond donors (Lipinski definition) is 1. The quantitative estimate of drug-likeness (QED) is 0.866. The molecule has 20 heavy (non-hydrogen) atoms. The first-order valence-corrected chi connectivity index (χ1v) is 7.50. The number of rotatable bonds is 2. The molecule has 3 rings (SSSR count). The van der Waals surface area contributed by atoms with Crippen molar-refractivity contribution < 1.29 is 5.11 Å². The predicted molar refractivity (Wildman–Crippen MR) is 82.9 cm³/mol. The van der Waals surface area contributed by atoms with Gasteiger partial charge in [0.25, 0.3) is 0 Å². The summed E-state index contributed by atoms with van der Waals surface area (Å²) >= 11 is 0. The molecule has 2 aromatic carbocycles. The molecule has 1 atom stereocenters. The van der Waals surface area contributed by atoms with E-state index in [1.165, 1.54) is 30.4 Å². The third kappa shape index (κ3) is 2.27. The van der Waals surface area contributed by atoms with Crippen LogP contribution in [-0.4, -0.2) is 5.11 Å². The van der Waals surface area contributed by atoms with Crippen LogP contribution in [0.5, 0.6) is 0 Å². The van der Waals surface area contributed by atoms with Crippen LogP contribution in [0.4, 0.5) is 0 Å². The first kappa shape index (κ1) is 13.4. The van der Waals surface area contributed by atoms with E-state index in [-0.39, 0.29) is 0 Å². The lowest BCUT2D eigenvalue weighted by Crippen LogP contribution is -2.24. The summed E-state index contributed by atoms with van der Waals surface area (Å²) in [4.78, 5) is 0. The van der Waals surface area contributed by atoms with Crippen LogP contribution in [0.3, 0.4) is 0 Å². The molecular formula is C19H22O. The second kappa shape index (κ2) is 5.06. The van der Waals surface area contributed by atoms with Crippen molar-refractivity contribution in [3.63, 3.8) is 0 Å². The molecule has 0 spiro atoms. The van der Waals surface area contributed by atoms with Gasteiger partial charge in [-0.1, -0.05) is 42.5 Å². The molecule has 0 aliphatic heterocycles. The van der Waals surface area contributed by atoms with Gasteiger partial charge in [0.15, 0.2) is 0 Å². The van der Waals surface area contributed by atoms with Crippen molar-refractivity contribution in [3.05, 3.63) is 70.3 Å². The van der Waals surface area contributed by atoms with E-state index >= 15 is 0 Å². The molecule has 0 saturated carbocycles. The molecule has 0 fully saturated rings. The molecule has 1 heteroatoms. The van der Waals surface area contributed by atoms with E-state index in [2.05, 4.69) is 31.2 Å². The van der Waals surface area contributed by atoms with Gasteiger partial charge in [-0.05, 0) is 67.3 Å². The van der Waals surface area contributed by atoms with Gasteiger partial charge in [-0.2, -0.15) is 0 Å². The van der Waals surface area contributed by atoms with Gasteiger partial charge in [-0.15, -0.1) is 0 Å². The maximum Gasteiger partial charge on any atom is 0.112 e. The molecule has 0 heterocycles. The molecule has 1 aliphatic rings. The number of fused-ring (bicyclic) bond motifs is 1. The van der Waals surface area contributed by atoms with Gasteiger partial charge in [0.1, 0.15) is 5.60 Å². The standard InChI is InChI=1S/C19H22O/c1-14-7-3-6-10-18(14)19(2,20)17-12-11-15-8-4-5-9-16(15)13-17/h3,6-7,10-13,20H,4-5,8-9H2,1-2H3. The zero-order valence-electron chi connectivity index (χ0n) is 12.3. The third-order valence-corrected chi connectivity index (χ3v) is 4.58. The van der Waals surface area contributed by atoms with Crippen molar-refractivity contribution in [2.45, 2.75) is 45.1 Å². The van der Waals surface area contributed by atoms with Crippen molar-refractivity contribution in [2.24, 2.45) is 0 Å². The maximum atomic E-state index is 11.0. The molecule has 1 nitrogen and oxygen atoms in total. The fraction of sp³-hybridized carbons (Fsp3) is 0.368. The maximum absolute atomic E-state index is 11.0. The first-order valence-electron chi connectivity index (χ1n) is 7.50. The second-order valence-electron chi connectivity index (χ2n) is 6.08. The average Bonchev–Trinajstić information content (AvgIpc) is 2.47. The van der Waals surface area contributed by atoms with Gasteiger partial charge in [0.2, 0.25) is 0 Å². The summed E-state index contributed by atoms with van der Waals surface area (Å²) in [6.45, 7) is 3.96. The molecule has 0 saturated heterocycles. The van der Waals surface area contributed by atoms with Gasteiger partial charge < -0.3 is 5.11 Å². The minimum Gasteiger partial charge on any atom is -0.381 e. The molecule has 1 N–H and O–H groups in total. The molecule has 0 amide bonds. The van der Waals surface area contributed by atoms with Crippen LogP contribution in [0, 0.1) is 6.92 Å². The average molecular weight is 266 g/mol. The van der Waals surface area contributed by atoms with Crippen LogP contribution in [0.1, 0.15) is 47.6 Å². The normalized spacial score (nSPS) is 17.4. The van der Waals surface area contributed by atoms with E-state index in [0.29, 0.717) is 0 Å². The Labute approximate surface area is 121 Å². The Morgan fingerprint density at radius 3 is 2.40 bits per heavy atom. The van der Waals surface area contributed by atoms with E-state index in [1.54, 1.807) is 0 Å².